The molecular weight excluding hydrogens is 268 g/mol. The normalized spacial score (nSPS) is 21.4. The molecule has 0 radical (unpaired) electrons. The second-order valence-electron chi connectivity index (χ2n) is 4.26. The smallest absolute Gasteiger partial charge is 0.139 e. The molecule has 0 bridgehead atoms. The van der Waals surface area contributed by atoms with Gasteiger partial charge in [0, 0.05) is 16.8 Å². The molecule has 1 aliphatic rings. The lowest BCUT2D eigenvalue weighted by atomic mass is 9.96. The summed E-state index contributed by atoms with van der Waals surface area (Å²) in [5.74, 6) is 1.38. The van der Waals surface area contributed by atoms with Gasteiger partial charge in [0.1, 0.15) is 11.5 Å². The van der Waals surface area contributed by atoms with Crippen molar-refractivity contribution in [3.63, 3.8) is 0 Å². The first-order valence-electron chi connectivity index (χ1n) is 5.61. The van der Waals surface area contributed by atoms with E-state index in [1.165, 1.54) is 5.56 Å². The van der Waals surface area contributed by atoms with Crippen molar-refractivity contribution in [2.24, 2.45) is 5.92 Å². The Bertz CT molecular complexity index is 401. The van der Waals surface area contributed by atoms with Gasteiger partial charge in [-0.15, -0.1) is 0 Å². The minimum Gasteiger partial charge on any atom is -0.493 e. The highest BCUT2D eigenvalue weighted by atomic mass is 79.9. The van der Waals surface area contributed by atoms with Crippen LogP contribution in [0.15, 0.2) is 22.7 Å². The zero-order valence-corrected chi connectivity index (χ0v) is 10.9. The van der Waals surface area contributed by atoms with Crippen LogP contribution in [0.4, 0.5) is 0 Å². The van der Waals surface area contributed by atoms with Gasteiger partial charge >= 0.3 is 0 Å². The Morgan fingerprint density at radius 3 is 3.00 bits per heavy atom. The number of carbonyl (C=O) groups is 1. The van der Waals surface area contributed by atoms with Gasteiger partial charge in [-0.2, -0.15) is 0 Å². The summed E-state index contributed by atoms with van der Waals surface area (Å²) in [7, 11) is 0. The molecule has 0 spiro atoms. The summed E-state index contributed by atoms with van der Waals surface area (Å²) in [6.45, 7) is 2.50. The first-order valence-corrected chi connectivity index (χ1v) is 6.40. The number of benzene rings is 1. The van der Waals surface area contributed by atoms with Gasteiger partial charge in [-0.3, -0.25) is 4.79 Å². The molecule has 1 heterocycles. The summed E-state index contributed by atoms with van der Waals surface area (Å²) in [5.41, 5.74) is 1.19. The molecule has 0 saturated heterocycles. The lowest BCUT2D eigenvalue weighted by Gasteiger charge is -2.09. The van der Waals surface area contributed by atoms with Crippen LogP contribution >= 0.6 is 15.9 Å². The molecule has 0 N–H and O–H groups in total. The lowest BCUT2D eigenvalue weighted by molar-refractivity contribution is -0.122. The van der Waals surface area contributed by atoms with Crippen molar-refractivity contribution in [2.45, 2.75) is 26.2 Å². The second-order valence-corrected chi connectivity index (χ2v) is 5.17. The number of hydrogen-bond donors (Lipinski definition) is 0. The third-order valence-corrected chi connectivity index (χ3v) is 3.52. The van der Waals surface area contributed by atoms with Gasteiger partial charge in [-0.1, -0.05) is 22.9 Å². The van der Waals surface area contributed by atoms with Crippen LogP contribution in [0, 0.1) is 5.92 Å². The summed E-state index contributed by atoms with van der Waals surface area (Å²) in [5, 5.41) is 0. The van der Waals surface area contributed by atoms with E-state index < -0.39 is 0 Å². The van der Waals surface area contributed by atoms with Crippen molar-refractivity contribution in [1.82, 2.24) is 0 Å². The summed E-state index contributed by atoms with van der Waals surface area (Å²) in [6.07, 6.45) is 2.34. The van der Waals surface area contributed by atoms with E-state index in [1.54, 1.807) is 0 Å². The van der Waals surface area contributed by atoms with Gasteiger partial charge in [0.25, 0.3) is 0 Å². The van der Waals surface area contributed by atoms with Gasteiger partial charge in [-0.25, -0.2) is 0 Å². The number of ketones is 1. The van der Waals surface area contributed by atoms with E-state index in [0.717, 1.165) is 23.1 Å². The molecule has 86 valence electrons. The molecule has 1 aliphatic heterocycles. The standard InChI is InChI=1S/C13H15BrO2/c1-9-2-3-10-8-11(14)4-5-13(10)16-7-6-12(9)15/h4-5,8-9H,2-3,6-7H2,1H3. The molecule has 1 atom stereocenters. The number of fused-ring (bicyclic) bond motifs is 1. The fourth-order valence-electron chi connectivity index (χ4n) is 1.93. The van der Waals surface area contributed by atoms with Crippen LogP contribution < -0.4 is 4.74 Å². The first kappa shape index (κ1) is 11.6. The molecule has 16 heavy (non-hydrogen) atoms. The fraction of sp³-hybridized carbons (Fsp3) is 0.462. The van der Waals surface area contributed by atoms with Crippen LogP contribution in [0.2, 0.25) is 0 Å². The maximum Gasteiger partial charge on any atom is 0.139 e. The Balaban J connectivity index is 2.24. The Morgan fingerprint density at radius 1 is 1.38 bits per heavy atom. The number of ether oxygens (including phenoxy) is 1. The fourth-order valence-corrected chi connectivity index (χ4v) is 2.33. The van der Waals surface area contributed by atoms with E-state index in [-0.39, 0.29) is 5.92 Å². The van der Waals surface area contributed by atoms with Crippen molar-refractivity contribution < 1.29 is 9.53 Å². The van der Waals surface area contributed by atoms with E-state index in [1.807, 2.05) is 19.1 Å². The third kappa shape index (κ3) is 2.64. The average molecular weight is 283 g/mol. The maximum atomic E-state index is 11.6. The van der Waals surface area contributed by atoms with E-state index in [9.17, 15) is 4.79 Å². The molecule has 3 heteroatoms. The molecule has 0 fully saturated rings. The monoisotopic (exact) mass is 282 g/mol. The van der Waals surface area contributed by atoms with Crippen molar-refractivity contribution in [2.75, 3.05) is 6.61 Å². The first-order chi connectivity index (χ1) is 7.66. The number of carbonyl (C=O) groups excluding carboxylic acids is 1. The summed E-state index contributed by atoms with van der Waals surface area (Å²) in [6, 6.07) is 6.03. The minimum absolute atomic E-state index is 0.147. The quantitative estimate of drug-likeness (QED) is 0.729. The largest absolute Gasteiger partial charge is 0.493 e. The van der Waals surface area contributed by atoms with Crippen molar-refractivity contribution in [3.8, 4) is 5.75 Å². The predicted octanol–water partition coefficient (Wildman–Crippen LogP) is 3.37. The summed E-state index contributed by atoms with van der Waals surface area (Å²) in [4.78, 5) is 11.6. The van der Waals surface area contributed by atoms with Crippen LogP contribution in [0.25, 0.3) is 0 Å². The number of halogens is 1. The van der Waals surface area contributed by atoms with Crippen molar-refractivity contribution in [3.05, 3.63) is 28.2 Å². The number of rotatable bonds is 0. The molecular formula is C13H15BrO2. The molecule has 0 amide bonds. The van der Waals surface area contributed by atoms with Crippen molar-refractivity contribution in [1.29, 1.82) is 0 Å². The number of aryl methyl sites for hydroxylation is 1. The minimum atomic E-state index is 0.147. The highest BCUT2D eigenvalue weighted by molar-refractivity contribution is 9.10. The Hall–Kier alpha value is -0.830. The van der Waals surface area contributed by atoms with Crippen LogP contribution in [0.5, 0.6) is 5.75 Å². The predicted molar refractivity (Wildman–Crippen MR) is 66.7 cm³/mol. The van der Waals surface area contributed by atoms with Crippen molar-refractivity contribution >= 4 is 21.7 Å². The second kappa shape index (κ2) is 5.00. The molecule has 1 aromatic rings. The maximum absolute atomic E-state index is 11.6. The molecule has 1 unspecified atom stereocenters. The van der Waals surface area contributed by atoms with Gasteiger partial charge in [0.15, 0.2) is 0 Å². The van der Waals surface area contributed by atoms with Crippen LogP contribution in [-0.2, 0) is 11.2 Å². The zero-order chi connectivity index (χ0) is 11.5. The third-order valence-electron chi connectivity index (χ3n) is 3.02. The van der Waals surface area contributed by atoms with E-state index in [2.05, 4.69) is 22.0 Å². The Kier molecular flexibility index (Phi) is 3.64. The van der Waals surface area contributed by atoms with Gasteiger partial charge < -0.3 is 4.74 Å². The lowest BCUT2D eigenvalue weighted by Crippen LogP contribution is -2.13. The van der Waals surface area contributed by atoms with E-state index >= 15 is 0 Å². The number of hydrogen-bond acceptors (Lipinski definition) is 2. The average Bonchev–Trinajstić information content (AvgIpc) is 2.33. The highest BCUT2D eigenvalue weighted by Gasteiger charge is 2.17. The Labute approximate surface area is 104 Å². The van der Waals surface area contributed by atoms with Gasteiger partial charge in [-0.05, 0) is 36.6 Å². The zero-order valence-electron chi connectivity index (χ0n) is 9.33. The molecule has 2 nitrogen and oxygen atoms in total. The van der Waals surface area contributed by atoms with Gasteiger partial charge in [0.2, 0.25) is 0 Å². The Morgan fingerprint density at radius 2 is 2.19 bits per heavy atom. The molecule has 2 rings (SSSR count). The molecule has 0 aromatic heterocycles. The topological polar surface area (TPSA) is 26.3 Å². The van der Waals surface area contributed by atoms with Crippen LogP contribution in [0.3, 0.4) is 0 Å². The molecule has 0 saturated carbocycles. The summed E-state index contributed by atoms with van der Waals surface area (Å²) >= 11 is 3.46. The van der Waals surface area contributed by atoms with Crippen LogP contribution in [-0.4, -0.2) is 12.4 Å². The SMILES string of the molecule is CC1CCc2cc(Br)ccc2OCCC1=O. The number of Topliss-reactive ketones (excluding diaryl/α,β-unsaturated/α-hetero) is 1. The van der Waals surface area contributed by atoms with E-state index in [0.29, 0.717) is 18.8 Å². The molecule has 1 aromatic carbocycles. The molecule has 0 aliphatic carbocycles. The highest BCUT2D eigenvalue weighted by Crippen LogP contribution is 2.27. The van der Waals surface area contributed by atoms with Gasteiger partial charge in [0.05, 0.1) is 6.61 Å². The summed E-state index contributed by atoms with van der Waals surface area (Å²) < 4.78 is 6.70. The van der Waals surface area contributed by atoms with Crippen LogP contribution in [0.1, 0.15) is 25.3 Å². The van der Waals surface area contributed by atoms with E-state index in [4.69, 9.17) is 4.74 Å².